The van der Waals surface area contributed by atoms with Crippen molar-refractivity contribution in [1.82, 2.24) is 35.0 Å². The zero-order valence-corrected chi connectivity index (χ0v) is 18.5. The van der Waals surface area contributed by atoms with E-state index in [1.807, 2.05) is 36.6 Å². The van der Waals surface area contributed by atoms with Crippen LogP contribution in [0.2, 0.25) is 0 Å². The van der Waals surface area contributed by atoms with E-state index in [0.717, 1.165) is 33.9 Å². The number of tetrazole rings is 1. The Kier molecular flexibility index (Phi) is 5.81. The van der Waals surface area contributed by atoms with Crippen molar-refractivity contribution in [2.24, 2.45) is 0 Å². The molecule has 1 N–H and O–H groups in total. The highest BCUT2D eigenvalue weighted by Gasteiger charge is 2.15. The summed E-state index contributed by atoms with van der Waals surface area (Å²) in [4.78, 5) is 12.6. The van der Waals surface area contributed by atoms with Crippen LogP contribution in [0.4, 0.5) is 5.69 Å². The standard InChI is InChI=1S/C21H22N8OS/c1-13-5-6-14(2)19(9-13)29-16(4)24-25-21(29)31-11-20(30)23-17-7-8-18(15(3)10-17)28-12-22-26-27-28/h5-10,12H,11H2,1-4H3,(H,23,30). The molecule has 0 saturated heterocycles. The number of carbonyl (C=O) groups is 1. The quantitative estimate of drug-likeness (QED) is 0.465. The molecule has 0 fully saturated rings. The van der Waals surface area contributed by atoms with E-state index < -0.39 is 0 Å². The van der Waals surface area contributed by atoms with Gasteiger partial charge in [-0.1, -0.05) is 23.9 Å². The molecule has 158 valence electrons. The molecule has 0 spiro atoms. The molecule has 2 heterocycles. The van der Waals surface area contributed by atoms with Gasteiger partial charge in [0, 0.05) is 5.69 Å². The summed E-state index contributed by atoms with van der Waals surface area (Å²) >= 11 is 1.36. The molecule has 31 heavy (non-hydrogen) atoms. The first-order chi connectivity index (χ1) is 14.9. The van der Waals surface area contributed by atoms with Gasteiger partial charge in [-0.2, -0.15) is 0 Å². The van der Waals surface area contributed by atoms with E-state index in [4.69, 9.17) is 0 Å². The lowest BCUT2D eigenvalue weighted by molar-refractivity contribution is -0.113. The number of thioether (sulfide) groups is 1. The van der Waals surface area contributed by atoms with Crippen LogP contribution in [-0.2, 0) is 4.79 Å². The van der Waals surface area contributed by atoms with Crippen LogP contribution >= 0.6 is 11.8 Å². The number of nitrogens with zero attached hydrogens (tertiary/aromatic N) is 7. The van der Waals surface area contributed by atoms with E-state index in [2.05, 4.69) is 63.1 Å². The van der Waals surface area contributed by atoms with Gasteiger partial charge in [0.2, 0.25) is 5.91 Å². The topological polar surface area (TPSA) is 103 Å². The van der Waals surface area contributed by atoms with E-state index in [0.29, 0.717) is 10.8 Å². The van der Waals surface area contributed by atoms with E-state index >= 15 is 0 Å². The van der Waals surface area contributed by atoms with Crippen molar-refractivity contribution < 1.29 is 4.79 Å². The second-order valence-corrected chi connectivity index (χ2v) is 8.19. The summed E-state index contributed by atoms with van der Waals surface area (Å²) in [6.45, 7) is 7.96. The monoisotopic (exact) mass is 434 g/mol. The van der Waals surface area contributed by atoms with Crippen molar-refractivity contribution in [3.8, 4) is 11.4 Å². The number of aromatic nitrogens is 7. The number of benzene rings is 2. The first-order valence-corrected chi connectivity index (χ1v) is 10.7. The fraction of sp³-hybridized carbons (Fsp3) is 0.238. The van der Waals surface area contributed by atoms with Crippen LogP contribution in [0.3, 0.4) is 0 Å². The normalized spacial score (nSPS) is 11.0. The highest BCUT2D eigenvalue weighted by atomic mass is 32.2. The van der Waals surface area contributed by atoms with Crippen LogP contribution in [-0.4, -0.2) is 46.6 Å². The summed E-state index contributed by atoms with van der Waals surface area (Å²) in [6.07, 6.45) is 1.53. The molecule has 4 rings (SSSR count). The van der Waals surface area contributed by atoms with Gasteiger partial charge in [0.15, 0.2) is 5.16 Å². The fourth-order valence-corrected chi connectivity index (χ4v) is 4.05. The Labute approximate surface area is 183 Å². The van der Waals surface area contributed by atoms with E-state index in [-0.39, 0.29) is 11.7 Å². The van der Waals surface area contributed by atoms with Crippen molar-refractivity contribution in [1.29, 1.82) is 0 Å². The van der Waals surface area contributed by atoms with Gasteiger partial charge in [-0.15, -0.1) is 15.3 Å². The Bertz CT molecular complexity index is 1230. The number of hydrogen-bond donors (Lipinski definition) is 1. The molecule has 4 aromatic rings. The maximum atomic E-state index is 12.6. The average molecular weight is 435 g/mol. The lowest BCUT2D eigenvalue weighted by Crippen LogP contribution is -2.15. The molecule has 0 bridgehead atoms. The van der Waals surface area contributed by atoms with Gasteiger partial charge in [0.05, 0.1) is 17.1 Å². The van der Waals surface area contributed by atoms with Crippen molar-refractivity contribution in [2.45, 2.75) is 32.9 Å². The molecule has 1 amide bonds. The zero-order valence-electron chi connectivity index (χ0n) is 17.7. The molecule has 0 aliphatic carbocycles. The van der Waals surface area contributed by atoms with Gasteiger partial charge in [-0.3, -0.25) is 9.36 Å². The smallest absolute Gasteiger partial charge is 0.234 e. The Morgan fingerprint density at radius 2 is 1.84 bits per heavy atom. The maximum absolute atomic E-state index is 12.6. The maximum Gasteiger partial charge on any atom is 0.234 e. The first-order valence-electron chi connectivity index (χ1n) is 9.68. The predicted molar refractivity (Wildman–Crippen MR) is 119 cm³/mol. The lowest BCUT2D eigenvalue weighted by atomic mass is 10.1. The van der Waals surface area contributed by atoms with E-state index in [1.165, 1.54) is 18.1 Å². The highest BCUT2D eigenvalue weighted by molar-refractivity contribution is 7.99. The molecule has 0 saturated carbocycles. The first kappa shape index (κ1) is 20.7. The Balaban J connectivity index is 1.45. The minimum atomic E-state index is -0.118. The number of amides is 1. The van der Waals surface area contributed by atoms with Crippen molar-refractivity contribution in [3.05, 3.63) is 65.2 Å². The largest absolute Gasteiger partial charge is 0.325 e. The summed E-state index contributed by atoms with van der Waals surface area (Å²) in [5.74, 6) is 0.884. The molecular weight excluding hydrogens is 412 g/mol. The summed E-state index contributed by atoms with van der Waals surface area (Å²) in [6, 6.07) is 11.8. The van der Waals surface area contributed by atoms with E-state index in [1.54, 1.807) is 4.68 Å². The summed E-state index contributed by atoms with van der Waals surface area (Å²) in [7, 11) is 0. The van der Waals surface area contributed by atoms with Gasteiger partial charge in [0.1, 0.15) is 12.2 Å². The minimum absolute atomic E-state index is 0.118. The van der Waals surface area contributed by atoms with Gasteiger partial charge < -0.3 is 5.32 Å². The molecule has 10 heteroatoms. The summed E-state index contributed by atoms with van der Waals surface area (Å²) in [5.41, 5.74) is 5.82. The van der Waals surface area contributed by atoms with Crippen molar-refractivity contribution >= 4 is 23.4 Å². The number of anilines is 1. The molecule has 0 aliphatic rings. The van der Waals surface area contributed by atoms with Crippen LogP contribution in [0.25, 0.3) is 11.4 Å². The Hall–Kier alpha value is -3.53. The van der Waals surface area contributed by atoms with Crippen LogP contribution in [0, 0.1) is 27.7 Å². The second-order valence-electron chi connectivity index (χ2n) is 7.25. The average Bonchev–Trinajstić information content (AvgIpc) is 3.38. The van der Waals surface area contributed by atoms with Gasteiger partial charge in [-0.05, 0) is 79.1 Å². The van der Waals surface area contributed by atoms with Gasteiger partial charge in [0.25, 0.3) is 0 Å². The van der Waals surface area contributed by atoms with Crippen LogP contribution in [0.5, 0.6) is 0 Å². The molecule has 0 unspecified atom stereocenters. The number of rotatable bonds is 6. The number of hydrogen-bond acceptors (Lipinski definition) is 7. The summed E-state index contributed by atoms with van der Waals surface area (Å²) < 4.78 is 3.57. The van der Waals surface area contributed by atoms with E-state index in [9.17, 15) is 4.79 Å². The molecule has 0 aliphatic heterocycles. The highest BCUT2D eigenvalue weighted by Crippen LogP contribution is 2.25. The lowest BCUT2D eigenvalue weighted by Gasteiger charge is -2.12. The third kappa shape index (κ3) is 4.48. The van der Waals surface area contributed by atoms with Crippen LogP contribution < -0.4 is 5.32 Å². The Morgan fingerprint density at radius 1 is 1.00 bits per heavy atom. The Morgan fingerprint density at radius 3 is 2.58 bits per heavy atom. The molecule has 2 aromatic carbocycles. The number of carbonyl (C=O) groups excluding carboxylic acids is 1. The molecular formula is C21H22N8OS. The summed E-state index contributed by atoms with van der Waals surface area (Å²) in [5, 5.41) is 23.3. The molecule has 0 atom stereocenters. The predicted octanol–water partition coefficient (Wildman–Crippen LogP) is 3.21. The second kappa shape index (κ2) is 8.68. The van der Waals surface area contributed by atoms with Crippen molar-refractivity contribution in [3.63, 3.8) is 0 Å². The van der Waals surface area contributed by atoms with Crippen molar-refractivity contribution in [2.75, 3.05) is 11.1 Å². The number of aryl methyl sites for hydroxylation is 4. The minimum Gasteiger partial charge on any atom is -0.325 e. The SMILES string of the molecule is Cc1ccc(C)c(-n2c(C)nnc2SCC(=O)Nc2ccc(-n3cnnn3)c(C)c2)c1. The molecule has 9 nitrogen and oxygen atoms in total. The van der Waals surface area contributed by atoms with Crippen LogP contribution in [0.1, 0.15) is 22.5 Å². The zero-order chi connectivity index (χ0) is 22.0. The van der Waals surface area contributed by atoms with Gasteiger partial charge >= 0.3 is 0 Å². The number of nitrogens with one attached hydrogen (secondary N) is 1. The molecule has 2 aromatic heterocycles. The fourth-order valence-electron chi connectivity index (χ4n) is 3.26. The third-order valence-corrected chi connectivity index (χ3v) is 5.74. The molecule has 0 radical (unpaired) electrons. The third-order valence-electron chi connectivity index (χ3n) is 4.81. The van der Waals surface area contributed by atoms with Crippen LogP contribution in [0.15, 0.2) is 47.9 Å². The van der Waals surface area contributed by atoms with Gasteiger partial charge in [-0.25, -0.2) is 4.68 Å².